The number of nitrogens with one attached hydrogen (secondary N) is 2. The molecule has 1 amide bonds. The summed E-state index contributed by atoms with van der Waals surface area (Å²) >= 11 is 0. The van der Waals surface area contributed by atoms with Crippen LogP contribution in [-0.2, 0) is 26.6 Å². The number of sulfonamides is 2. The summed E-state index contributed by atoms with van der Waals surface area (Å²) in [6.45, 7) is 3.15. The van der Waals surface area contributed by atoms with Gasteiger partial charge in [0.25, 0.3) is 5.91 Å². The first-order valence-electron chi connectivity index (χ1n) is 10.7. The topological polar surface area (TPSA) is 122 Å². The Hall–Kier alpha value is -2.47. The monoisotopic (exact) mass is 495 g/mol. The van der Waals surface area contributed by atoms with Crippen LogP contribution < -0.4 is 14.8 Å². The number of hydrogen-bond acceptors (Lipinski definition) is 6. The van der Waals surface area contributed by atoms with Gasteiger partial charge in [0.05, 0.1) is 12.0 Å². The highest BCUT2D eigenvalue weighted by Gasteiger charge is 2.26. The molecule has 0 atom stereocenters. The van der Waals surface area contributed by atoms with Gasteiger partial charge in [-0.15, -0.1) is 0 Å². The van der Waals surface area contributed by atoms with Gasteiger partial charge < -0.3 is 10.1 Å². The molecule has 1 saturated heterocycles. The van der Waals surface area contributed by atoms with E-state index in [-0.39, 0.29) is 33.6 Å². The second kappa shape index (κ2) is 10.6. The zero-order valence-electron chi connectivity index (χ0n) is 18.7. The maximum absolute atomic E-state index is 12.9. The van der Waals surface area contributed by atoms with Crippen LogP contribution in [0.2, 0.25) is 0 Å². The molecular weight excluding hydrogens is 466 g/mol. The number of ether oxygens (including phenoxy) is 1. The van der Waals surface area contributed by atoms with E-state index in [1.54, 1.807) is 19.1 Å². The molecule has 1 aliphatic heterocycles. The molecule has 0 spiro atoms. The van der Waals surface area contributed by atoms with Crippen LogP contribution in [0.25, 0.3) is 0 Å². The van der Waals surface area contributed by atoms with Gasteiger partial charge in [-0.05, 0) is 55.7 Å². The molecule has 2 aromatic rings. The van der Waals surface area contributed by atoms with E-state index >= 15 is 0 Å². The van der Waals surface area contributed by atoms with E-state index in [0.29, 0.717) is 25.2 Å². The third kappa shape index (κ3) is 5.91. The van der Waals surface area contributed by atoms with E-state index in [4.69, 9.17) is 4.74 Å². The normalized spacial score (nSPS) is 15.2. The van der Waals surface area contributed by atoms with Crippen LogP contribution in [0.3, 0.4) is 0 Å². The summed E-state index contributed by atoms with van der Waals surface area (Å²) in [7, 11) is -6.21. The van der Waals surface area contributed by atoms with Gasteiger partial charge in [0.2, 0.25) is 20.0 Å². The lowest BCUT2D eigenvalue weighted by Crippen LogP contribution is -2.35. The summed E-state index contributed by atoms with van der Waals surface area (Å²) in [5.74, 6) is -0.277. The zero-order chi connectivity index (χ0) is 24.1. The van der Waals surface area contributed by atoms with Crippen LogP contribution in [0, 0.1) is 0 Å². The average Bonchev–Trinajstić information content (AvgIpc) is 2.83. The van der Waals surface area contributed by atoms with E-state index in [0.717, 1.165) is 19.3 Å². The largest absolute Gasteiger partial charge is 0.495 e. The van der Waals surface area contributed by atoms with E-state index < -0.39 is 20.0 Å². The quantitative estimate of drug-likeness (QED) is 0.549. The van der Waals surface area contributed by atoms with Crippen molar-refractivity contribution >= 4 is 26.0 Å². The lowest BCUT2D eigenvalue weighted by Gasteiger charge is -2.25. The number of benzene rings is 2. The van der Waals surface area contributed by atoms with Gasteiger partial charge in [0.15, 0.2) is 0 Å². The van der Waals surface area contributed by atoms with Crippen molar-refractivity contribution < 1.29 is 26.4 Å². The van der Waals surface area contributed by atoms with E-state index in [9.17, 15) is 21.6 Å². The van der Waals surface area contributed by atoms with Crippen LogP contribution in [-0.4, -0.2) is 53.8 Å². The Labute approximate surface area is 195 Å². The van der Waals surface area contributed by atoms with Gasteiger partial charge in [-0.2, -0.15) is 4.31 Å². The first kappa shape index (κ1) is 25.2. The van der Waals surface area contributed by atoms with Crippen LogP contribution >= 0.6 is 0 Å². The van der Waals surface area contributed by atoms with Crippen molar-refractivity contribution in [2.45, 2.75) is 42.5 Å². The van der Waals surface area contributed by atoms with E-state index in [1.165, 1.54) is 41.7 Å². The van der Waals surface area contributed by atoms with Gasteiger partial charge in [0, 0.05) is 31.7 Å². The SMILES string of the molecule is CCNC(=O)c1ccc(OC)c(S(=O)(=O)NCc2ccc(S(=O)(=O)N3CCCCC3)cc2)c1. The molecule has 0 bridgehead atoms. The number of nitrogens with zero attached hydrogens (tertiary/aromatic N) is 1. The molecule has 0 aliphatic carbocycles. The molecule has 11 heteroatoms. The number of piperidine rings is 1. The molecule has 1 heterocycles. The summed E-state index contributed by atoms with van der Waals surface area (Å²) in [5.41, 5.74) is 0.792. The predicted octanol–water partition coefficient (Wildman–Crippen LogP) is 2.10. The first-order valence-corrected chi connectivity index (χ1v) is 13.7. The number of carbonyl (C=O) groups is 1. The highest BCUT2D eigenvalue weighted by molar-refractivity contribution is 7.89. The summed E-state index contributed by atoms with van der Waals surface area (Å²) in [6.07, 6.45) is 2.73. The van der Waals surface area contributed by atoms with Crippen LogP contribution in [0.15, 0.2) is 52.3 Å². The maximum Gasteiger partial charge on any atom is 0.251 e. The minimum atomic E-state index is -4.01. The Morgan fingerprint density at radius 3 is 2.27 bits per heavy atom. The molecule has 2 aromatic carbocycles. The number of rotatable bonds is 9. The molecule has 33 heavy (non-hydrogen) atoms. The molecular formula is C22H29N3O6S2. The molecule has 0 aromatic heterocycles. The van der Waals surface area contributed by atoms with Gasteiger partial charge in [-0.1, -0.05) is 18.6 Å². The Morgan fingerprint density at radius 2 is 1.67 bits per heavy atom. The number of hydrogen-bond donors (Lipinski definition) is 2. The molecule has 1 aliphatic rings. The van der Waals surface area contributed by atoms with Gasteiger partial charge in [-0.3, -0.25) is 4.79 Å². The van der Waals surface area contributed by atoms with E-state index in [2.05, 4.69) is 10.0 Å². The Morgan fingerprint density at radius 1 is 1.00 bits per heavy atom. The van der Waals surface area contributed by atoms with Crippen molar-refractivity contribution in [3.63, 3.8) is 0 Å². The van der Waals surface area contributed by atoms with Crippen molar-refractivity contribution in [2.75, 3.05) is 26.7 Å². The third-order valence-corrected chi connectivity index (χ3v) is 8.73. The summed E-state index contributed by atoms with van der Waals surface area (Å²) < 4.78 is 60.5. The number of methoxy groups -OCH3 is 1. The molecule has 3 rings (SSSR count). The van der Waals surface area contributed by atoms with Crippen molar-refractivity contribution in [1.82, 2.24) is 14.3 Å². The van der Waals surface area contributed by atoms with Crippen molar-refractivity contribution in [2.24, 2.45) is 0 Å². The van der Waals surface area contributed by atoms with Gasteiger partial charge in [0.1, 0.15) is 10.6 Å². The molecule has 9 nitrogen and oxygen atoms in total. The first-order chi connectivity index (χ1) is 15.7. The maximum atomic E-state index is 12.9. The highest BCUT2D eigenvalue weighted by atomic mass is 32.2. The average molecular weight is 496 g/mol. The summed E-state index contributed by atoms with van der Waals surface area (Å²) in [5, 5.41) is 2.63. The Kier molecular flexibility index (Phi) is 8.11. The zero-order valence-corrected chi connectivity index (χ0v) is 20.3. The molecule has 180 valence electrons. The molecule has 0 unspecified atom stereocenters. The number of amides is 1. The van der Waals surface area contributed by atoms with Crippen LogP contribution in [0.5, 0.6) is 5.75 Å². The lowest BCUT2D eigenvalue weighted by atomic mass is 10.2. The van der Waals surface area contributed by atoms with Gasteiger partial charge in [-0.25, -0.2) is 21.6 Å². The fraction of sp³-hybridized carbons (Fsp3) is 0.409. The third-order valence-electron chi connectivity index (χ3n) is 5.40. The smallest absolute Gasteiger partial charge is 0.251 e. The van der Waals surface area contributed by atoms with Crippen molar-refractivity contribution in [1.29, 1.82) is 0 Å². The second-order valence-electron chi connectivity index (χ2n) is 7.66. The Bertz CT molecular complexity index is 1190. The predicted molar refractivity (Wildman–Crippen MR) is 124 cm³/mol. The highest BCUT2D eigenvalue weighted by Crippen LogP contribution is 2.25. The standard InChI is InChI=1S/C22H29N3O6S2/c1-3-23-22(26)18-9-12-20(31-2)21(15-18)32(27,28)24-16-17-7-10-19(11-8-17)33(29,30)25-13-5-4-6-14-25/h7-12,15,24H,3-6,13-14,16H2,1-2H3,(H,23,26). The molecule has 1 fully saturated rings. The molecule has 0 saturated carbocycles. The van der Waals surface area contributed by atoms with Crippen molar-refractivity contribution in [3.8, 4) is 5.75 Å². The van der Waals surface area contributed by atoms with Crippen LogP contribution in [0.4, 0.5) is 0 Å². The van der Waals surface area contributed by atoms with Gasteiger partial charge >= 0.3 is 0 Å². The minimum Gasteiger partial charge on any atom is -0.495 e. The minimum absolute atomic E-state index is 0.0546. The fourth-order valence-electron chi connectivity index (χ4n) is 3.58. The molecule has 2 N–H and O–H groups in total. The summed E-state index contributed by atoms with van der Waals surface area (Å²) in [4.78, 5) is 12.1. The van der Waals surface area contributed by atoms with E-state index in [1.807, 2.05) is 0 Å². The number of carbonyl (C=O) groups excluding carboxylic acids is 1. The Balaban J connectivity index is 1.75. The van der Waals surface area contributed by atoms with Crippen molar-refractivity contribution in [3.05, 3.63) is 53.6 Å². The second-order valence-corrected chi connectivity index (χ2v) is 11.3. The lowest BCUT2D eigenvalue weighted by molar-refractivity contribution is 0.0955. The fourth-order valence-corrected chi connectivity index (χ4v) is 6.31. The van der Waals surface area contributed by atoms with Crippen LogP contribution in [0.1, 0.15) is 42.1 Å². The molecule has 0 radical (unpaired) electrons. The summed E-state index contributed by atoms with van der Waals surface area (Å²) in [6, 6.07) is 10.3.